The molecule has 1 aliphatic rings. The molecule has 2 rings (SSSR count). The number of carboxylic acid groups (broad SMARTS) is 2. The lowest BCUT2D eigenvalue weighted by Gasteiger charge is -2.22. The van der Waals surface area contributed by atoms with E-state index in [9.17, 15) is 19.5 Å². The maximum atomic E-state index is 12.5. The van der Waals surface area contributed by atoms with Crippen molar-refractivity contribution < 1.29 is 29.7 Å². The number of hydrogen-bond acceptors (Lipinski definition) is 7. The second-order valence-electron chi connectivity index (χ2n) is 7.99. The van der Waals surface area contributed by atoms with E-state index in [-0.39, 0.29) is 11.5 Å². The van der Waals surface area contributed by atoms with E-state index in [1.165, 1.54) is 6.08 Å². The summed E-state index contributed by atoms with van der Waals surface area (Å²) >= 11 is 0. The number of carbonyl (C=O) groups is 3. The summed E-state index contributed by atoms with van der Waals surface area (Å²) in [7, 11) is 0. The van der Waals surface area contributed by atoms with Gasteiger partial charge < -0.3 is 36.3 Å². The Morgan fingerprint density at radius 3 is 2.16 bits per heavy atom. The zero-order valence-electron chi connectivity index (χ0n) is 18.2. The van der Waals surface area contributed by atoms with Crippen LogP contribution in [-0.2, 0) is 20.9 Å². The molecular weight excluding hydrogens is 416 g/mol. The van der Waals surface area contributed by atoms with Gasteiger partial charge >= 0.3 is 11.9 Å². The van der Waals surface area contributed by atoms with Crippen LogP contribution in [0.3, 0.4) is 0 Å². The van der Waals surface area contributed by atoms with Gasteiger partial charge in [-0.2, -0.15) is 0 Å². The molecule has 0 radical (unpaired) electrons. The van der Waals surface area contributed by atoms with Gasteiger partial charge in [0, 0.05) is 31.1 Å². The van der Waals surface area contributed by atoms with Crippen molar-refractivity contribution in [3.8, 4) is 5.75 Å². The molecule has 10 heteroatoms. The fourth-order valence-corrected chi connectivity index (χ4v) is 3.59. The Labute approximate surface area is 186 Å². The van der Waals surface area contributed by atoms with Gasteiger partial charge in [0.1, 0.15) is 17.8 Å². The summed E-state index contributed by atoms with van der Waals surface area (Å²) in [5.74, 6) is -2.17. The molecule has 32 heavy (non-hydrogen) atoms. The summed E-state index contributed by atoms with van der Waals surface area (Å²) in [5.41, 5.74) is 12.8. The average molecular weight is 449 g/mol. The maximum absolute atomic E-state index is 12.5. The molecule has 7 N–H and O–H groups in total. The van der Waals surface area contributed by atoms with Crippen molar-refractivity contribution in [1.29, 1.82) is 0 Å². The lowest BCUT2D eigenvalue weighted by molar-refractivity contribution is -0.139. The van der Waals surface area contributed by atoms with Crippen LogP contribution in [0, 0.1) is 0 Å². The molecule has 0 saturated heterocycles. The van der Waals surface area contributed by atoms with Crippen LogP contribution in [0.25, 0.3) is 6.08 Å². The Kier molecular flexibility index (Phi) is 9.03. The van der Waals surface area contributed by atoms with Crippen LogP contribution in [0.4, 0.5) is 0 Å². The number of aryl methyl sites for hydroxylation is 1. The number of aromatic hydroxyl groups is 1. The van der Waals surface area contributed by atoms with Crippen molar-refractivity contribution in [2.24, 2.45) is 11.5 Å². The Morgan fingerprint density at radius 1 is 1.03 bits per heavy atom. The molecule has 0 bridgehead atoms. The molecule has 1 aromatic rings. The molecule has 0 fully saturated rings. The first-order valence-electron chi connectivity index (χ1n) is 10.7. The third-order valence-electron chi connectivity index (χ3n) is 5.51. The summed E-state index contributed by atoms with van der Waals surface area (Å²) in [6, 6.07) is -0.238. The van der Waals surface area contributed by atoms with Crippen molar-refractivity contribution in [2.45, 2.75) is 64.1 Å². The van der Waals surface area contributed by atoms with Gasteiger partial charge in [-0.05, 0) is 57.6 Å². The largest absolute Gasteiger partial charge is 0.506 e. The molecule has 1 aliphatic heterocycles. The first-order valence-corrected chi connectivity index (χ1v) is 10.7. The number of nitrogens with two attached hydrogens (primary N) is 2. The van der Waals surface area contributed by atoms with Gasteiger partial charge in [0.2, 0.25) is 5.78 Å². The molecule has 0 saturated carbocycles. The fourth-order valence-electron chi connectivity index (χ4n) is 3.59. The van der Waals surface area contributed by atoms with Crippen LogP contribution in [0.15, 0.2) is 29.7 Å². The van der Waals surface area contributed by atoms with Crippen molar-refractivity contribution in [3.63, 3.8) is 0 Å². The molecule has 2 atom stereocenters. The molecule has 1 aromatic heterocycles. The summed E-state index contributed by atoms with van der Waals surface area (Å²) < 4.78 is 1.82. The number of carbonyl (C=O) groups excluding carboxylic acids is 1. The van der Waals surface area contributed by atoms with E-state index in [0.717, 1.165) is 5.70 Å². The van der Waals surface area contributed by atoms with Gasteiger partial charge in [-0.3, -0.25) is 14.4 Å². The van der Waals surface area contributed by atoms with E-state index in [2.05, 4.69) is 0 Å². The standard InChI is InChI=1S/C22H32N4O6/c1-14-12-20(28)18(26(14)10-5-3-7-16(24)22(31)32)13-17-19(27)8-11-25(17)9-4-2-6-15(23)21(29)30/h8,11-13,15-16,27H,2-7,9-10,23-24H2,1H3,(H,29,30)(H,31,32)/b18-13+. The van der Waals surface area contributed by atoms with Gasteiger partial charge in [0.25, 0.3) is 0 Å². The minimum absolute atomic E-state index is 0.0458. The van der Waals surface area contributed by atoms with E-state index in [1.54, 1.807) is 18.3 Å². The first-order chi connectivity index (χ1) is 15.1. The number of aliphatic carboxylic acids is 2. The molecule has 10 nitrogen and oxygen atoms in total. The topological polar surface area (TPSA) is 172 Å². The van der Waals surface area contributed by atoms with Crippen LogP contribution in [-0.4, -0.2) is 61.1 Å². The highest BCUT2D eigenvalue weighted by atomic mass is 16.4. The lowest BCUT2D eigenvalue weighted by Crippen LogP contribution is -2.30. The highest BCUT2D eigenvalue weighted by Gasteiger charge is 2.25. The van der Waals surface area contributed by atoms with Gasteiger partial charge in [-0.25, -0.2) is 0 Å². The lowest BCUT2D eigenvalue weighted by atomic mass is 10.1. The molecular formula is C22H32N4O6. The highest BCUT2D eigenvalue weighted by molar-refractivity contribution is 6.09. The SMILES string of the molecule is CC1=CC(=O)/C(=C\c2c(O)ccn2CCCCC(N)C(=O)O)N1CCCCC(N)C(=O)O. The van der Waals surface area contributed by atoms with Crippen LogP contribution >= 0.6 is 0 Å². The number of carboxylic acids is 2. The smallest absolute Gasteiger partial charge is 0.320 e. The van der Waals surface area contributed by atoms with Crippen molar-refractivity contribution in [2.75, 3.05) is 6.54 Å². The molecule has 0 aromatic carbocycles. The number of ketones is 1. The number of rotatable bonds is 13. The van der Waals surface area contributed by atoms with E-state index < -0.39 is 24.0 Å². The molecule has 0 spiro atoms. The number of hydrogen-bond donors (Lipinski definition) is 5. The predicted molar refractivity (Wildman–Crippen MR) is 118 cm³/mol. The molecule has 2 unspecified atom stereocenters. The van der Waals surface area contributed by atoms with Gasteiger partial charge in [0.05, 0.1) is 11.4 Å². The predicted octanol–water partition coefficient (Wildman–Crippen LogP) is 1.49. The van der Waals surface area contributed by atoms with E-state index in [4.69, 9.17) is 21.7 Å². The Hall–Kier alpha value is -3.11. The highest BCUT2D eigenvalue weighted by Crippen LogP contribution is 2.29. The molecule has 0 amide bonds. The van der Waals surface area contributed by atoms with Gasteiger partial charge in [-0.1, -0.05) is 0 Å². The van der Waals surface area contributed by atoms with Crippen LogP contribution in [0.1, 0.15) is 51.1 Å². The number of nitrogens with zero attached hydrogens (tertiary/aromatic N) is 2. The Balaban J connectivity index is 2.03. The van der Waals surface area contributed by atoms with Crippen LogP contribution in [0.5, 0.6) is 5.75 Å². The van der Waals surface area contributed by atoms with E-state index >= 15 is 0 Å². The second kappa shape index (κ2) is 11.5. The number of allylic oxidation sites excluding steroid dienone is 2. The molecule has 176 valence electrons. The van der Waals surface area contributed by atoms with Crippen molar-refractivity contribution in [1.82, 2.24) is 9.47 Å². The Morgan fingerprint density at radius 2 is 1.59 bits per heavy atom. The van der Waals surface area contributed by atoms with Crippen molar-refractivity contribution in [3.05, 3.63) is 35.4 Å². The quantitative estimate of drug-likeness (QED) is 0.221. The normalized spacial score (nSPS) is 17.0. The maximum Gasteiger partial charge on any atom is 0.320 e. The van der Waals surface area contributed by atoms with Gasteiger partial charge in [-0.15, -0.1) is 0 Å². The first kappa shape index (κ1) is 25.2. The van der Waals surface area contributed by atoms with Crippen LogP contribution < -0.4 is 11.5 Å². The summed E-state index contributed by atoms with van der Waals surface area (Å²) in [6.45, 7) is 2.90. The third-order valence-corrected chi connectivity index (χ3v) is 5.51. The van der Waals surface area contributed by atoms with Crippen molar-refractivity contribution >= 4 is 23.8 Å². The van der Waals surface area contributed by atoms with Gasteiger partial charge in [0.15, 0.2) is 0 Å². The molecule has 2 heterocycles. The zero-order valence-corrected chi connectivity index (χ0v) is 18.2. The number of aromatic nitrogens is 1. The minimum Gasteiger partial charge on any atom is -0.506 e. The monoisotopic (exact) mass is 448 g/mol. The third kappa shape index (κ3) is 6.69. The van der Waals surface area contributed by atoms with E-state index in [0.29, 0.717) is 63.0 Å². The molecule has 0 aliphatic carbocycles. The Bertz CT molecular complexity index is 904. The van der Waals surface area contributed by atoms with Crippen LogP contribution in [0.2, 0.25) is 0 Å². The second-order valence-corrected chi connectivity index (χ2v) is 7.99. The van der Waals surface area contributed by atoms with E-state index in [1.807, 2.05) is 16.4 Å². The summed E-state index contributed by atoms with van der Waals surface area (Å²) in [5, 5.41) is 28.0. The average Bonchev–Trinajstić information content (AvgIpc) is 3.21. The fraction of sp³-hybridized carbons (Fsp3) is 0.500. The zero-order chi connectivity index (χ0) is 23.8. The summed E-state index contributed by atoms with van der Waals surface area (Å²) in [6.07, 6.45) is 8.18. The number of unbranched alkanes of at least 4 members (excludes halogenated alkanes) is 2. The summed E-state index contributed by atoms with van der Waals surface area (Å²) in [4.78, 5) is 36.0. The minimum atomic E-state index is -1.03.